The van der Waals surface area contributed by atoms with Gasteiger partial charge in [0.05, 0.1) is 11.2 Å². The van der Waals surface area contributed by atoms with Crippen LogP contribution in [-0.4, -0.2) is 15.0 Å². The van der Waals surface area contributed by atoms with Crippen molar-refractivity contribution in [1.82, 2.24) is 15.0 Å². The highest BCUT2D eigenvalue weighted by Gasteiger charge is 2.14. The summed E-state index contributed by atoms with van der Waals surface area (Å²) in [6.45, 7) is 4.03. The normalized spacial score (nSPS) is 10.9. The largest absolute Gasteiger partial charge is 0.454 e. The van der Waals surface area contributed by atoms with E-state index < -0.39 is 0 Å². The van der Waals surface area contributed by atoms with Crippen molar-refractivity contribution in [3.05, 3.63) is 103 Å². The highest BCUT2D eigenvalue weighted by Crippen LogP contribution is 2.36. The van der Waals surface area contributed by atoms with Gasteiger partial charge in [-0.25, -0.2) is 4.98 Å². The molecule has 0 saturated heterocycles. The van der Waals surface area contributed by atoms with Crippen molar-refractivity contribution in [2.75, 3.05) is 0 Å². The fourth-order valence-corrected chi connectivity index (χ4v) is 3.58. The first-order chi connectivity index (χ1) is 15.2. The van der Waals surface area contributed by atoms with Gasteiger partial charge in [-0.2, -0.15) is 0 Å². The molecule has 0 atom stereocenters. The number of hydrogen-bond donors (Lipinski definition) is 0. The third-order valence-electron chi connectivity index (χ3n) is 5.37. The van der Waals surface area contributed by atoms with Gasteiger partial charge in [0, 0.05) is 23.5 Å². The Morgan fingerprint density at radius 2 is 1.52 bits per heavy atom. The molecule has 0 fully saturated rings. The van der Waals surface area contributed by atoms with Gasteiger partial charge in [0.25, 0.3) is 0 Å². The summed E-state index contributed by atoms with van der Waals surface area (Å²) < 4.78 is 6.42. The Bertz CT molecular complexity index is 1370. The molecule has 0 unspecified atom stereocenters. The van der Waals surface area contributed by atoms with Gasteiger partial charge >= 0.3 is 0 Å². The summed E-state index contributed by atoms with van der Waals surface area (Å²) in [5.74, 6) is 1.42. The fourth-order valence-electron chi connectivity index (χ4n) is 3.58. The molecule has 0 aliphatic rings. The lowest BCUT2D eigenvalue weighted by Gasteiger charge is -2.14. The second-order valence-electron chi connectivity index (χ2n) is 7.46. The lowest BCUT2D eigenvalue weighted by molar-refractivity contribution is 0.486. The van der Waals surface area contributed by atoms with Crippen LogP contribution < -0.4 is 4.74 Å². The summed E-state index contributed by atoms with van der Waals surface area (Å²) in [6.07, 6.45) is 3.55. The van der Waals surface area contributed by atoms with E-state index in [1.165, 1.54) is 0 Å². The van der Waals surface area contributed by atoms with Crippen molar-refractivity contribution >= 4 is 10.9 Å². The lowest BCUT2D eigenvalue weighted by atomic mass is 10.0. The molecule has 4 nitrogen and oxygen atoms in total. The van der Waals surface area contributed by atoms with E-state index in [0.717, 1.165) is 50.4 Å². The van der Waals surface area contributed by atoms with Crippen LogP contribution in [-0.2, 0) is 0 Å². The minimum absolute atomic E-state index is 0.682. The van der Waals surface area contributed by atoms with E-state index in [0.29, 0.717) is 5.75 Å². The Labute approximate surface area is 181 Å². The molecule has 3 aromatic heterocycles. The van der Waals surface area contributed by atoms with Gasteiger partial charge in [0.1, 0.15) is 11.4 Å². The molecule has 0 bridgehead atoms. The highest BCUT2D eigenvalue weighted by atomic mass is 16.5. The standard InChI is InChI=1S/C27H21N3O/c1-18-16-26(27(30-19(18)2)23-10-6-7-14-28-23)31-25-13-15-29-24-17-21(11-12-22(24)25)20-8-4-3-5-9-20/h3-17H,1-2H3. The molecular weight excluding hydrogens is 382 g/mol. The first kappa shape index (κ1) is 18.9. The average molecular weight is 403 g/mol. The van der Waals surface area contributed by atoms with Gasteiger partial charge in [-0.05, 0) is 66.9 Å². The third kappa shape index (κ3) is 3.76. The summed E-state index contributed by atoms with van der Waals surface area (Å²) in [4.78, 5) is 13.8. The van der Waals surface area contributed by atoms with Crippen LogP contribution in [0.15, 0.2) is 91.3 Å². The quantitative estimate of drug-likeness (QED) is 0.332. The van der Waals surface area contributed by atoms with Gasteiger partial charge in [0.15, 0.2) is 5.75 Å². The summed E-state index contributed by atoms with van der Waals surface area (Å²) >= 11 is 0. The first-order valence-electron chi connectivity index (χ1n) is 10.2. The minimum atomic E-state index is 0.682. The van der Waals surface area contributed by atoms with E-state index in [1.54, 1.807) is 12.4 Å². The van der Waals surface area contributed by atoms with E-state index in [4.69, 9.17) is 9.72 Å². The van der Waals surface area contributed by atoms with Gasteiger partial charge in [-0.15, -0.1) is 0 Å². The number of fused-ring (bicyclic) bond motifs is 1. The number of aromatic nitrogens is 3. The van der Waals surface area contributed by atoms with E-state index in [2.05, 4.69) is 40.3 Å². The second-order valence-corrected chi connectivity index (χ2v) is 7.46. The van der Waals surface area contributed by atoms with Crippen molar-refractivity contribution in [1.29, 1.82) is 0 Å². The number of benzene rings is 2. The summed E-state index contributed by atoms with van der Waals surface area (Å²) in [5, 5.41) is 0.951. The number of aryl methyl sites for hydroxylation is 2. The number of hydrogen-bond acceptors (Lipinski definition) is 4. The summed E-state index contributed by atoms with van der Waals surface area (Å²) in [5.41, 5.74) is 6.71. The Hall–Kier alpha value is -4.05. The van der Waals surface area contributed by atoms with Gasteiger partial charge in [-0.3, -0.25) is 9.97 Å². The van der Waals surface area contributed by atoms with Crippen molar-refractivity contribution in [3.63, 3.8) is 0 Å². The zero-order valence-electron chi connectivity index (χ0n) is 17.4. The summed E-state index contributed by atoms with van der Waals surface area (Å²) in [6, 6.07) is 26.3. The molecule has 0 amide bonds. The molecule has 0 N–H and O–H groups in total. The Morgan fingerprint density at radius 1 is 0.677 bits per heavy atom. The maximum Gasteiger partial charge on any atom is 0.155 e. The molecule has 3 heterocycles. The van der Waals surface area contributed by atoms with Crippen LogP contribution in [0.5, 0.6) is 11.5 Å². The van der Waals surface area contributed by atoms with E-state index in [-0.39, 0.29) is 0 Å². The highest BCUT2D eigenvalue weighted by molar-refractivity contribution is 5.89. The molecule has 0 aliphatic carbocycles. The molecule has 5 rings (SSSR count). The smallest absolute Gasteiger partial charge is 0.155 e. The molecule has 0 saturated carbocycles. The Kier molecular flexibility index (Phi) is 4.89. The topological polar surface area (TPSA) is 47.9 Å². The van der Waals surface area contributed by atoms with E-state index in [1.807, 2.05) is 62.4 Å². The number of rotatable bonds is 4. The van der Waals surface area contributed by atoms with Crippen LogP contribution >= 0.6 is 0 Å². The van der Waals surface area contributed by atoms with Crippen molar-refractivity contribution < 1.29 is 4.74 Å². The van der Waals surface area contributed by atoms with Crippen LogP contribution in [0.25, 0.3) is 33.4 Å². The fraction of sp³-hybridized carbons (Fsp3) is 0.0741. The molecule has 4 heteroatoms. The first-order valence-corrected chi connectivity index (χ1v) is 10.2. The Morgan fingerprint density at radius 3 is 2.32 bits per heavy atom. The minimum Gasteiger partial charge on any atom is -0.454 e. The van der Waals surface area contributed by atoms with E-state index in [9.17, 15) is 0 Å². The average Bonchev–Trinajstić information content (AvgIpc) is 2.82. The zero-order valence-corrected chi connectivity index (χ0v) is 17.4. The van der Waals surface area contributed by atoms with Crippen molar-refractivity contribution in [2.24, 2.45) is 0 Å². The van der Waals surface area contributed by atoms with Gasteiger partial charge in [-0.1, -0.05) is 42.5 Å². The molecule has 0 aliphatic heterocycles. The number of pyridine rings is 3. The second kappa shape index (κ2) is 8.00. The lowest BCUT2D eigenvalue weighted by Crippen LogP contribution is -1.98. The number of nitrogens with zero attached hydrogens (tertiary/aromatic N) is 3. The van der Waals surface area contributed by atoms with Gasteiger partial charge < -0.3 is 4.74 Å². The maximum absolute atomic E-state index is 6.42. The molecule has 0 radical (unpaired) electrons. The van der Waals surface area contributed by atoms with Crippen LogP contribution in [0.2, 0.25) is 0 Å². The SMILES string of the molecule is Cc1cc(Oc2ccnc3cc(-c4ccccc4)ccc23)c(-c2ccccn2)nc1C. The maximum atomic E-state index is 6.42. The van der Waals surface area contributed by atoms with Crippen molar-refractivity contribution in [2.45, 2.75) is 13.8 Å². The Balaban J connectivity index is 1.59. The third-order valence-corrected chi connectivity index (χ3v) is 5.37. The molecule has 2 aromatic carbocycles. The van der Waals surface area contributed by atoms with Crippen LogP contribution in [0.3, 0.4) is 0 Å². The molecule has 31 heavy (non-hydrogen) atoms. The molecule has 0 spiro atoms. The predicted molar refractivity (Wildman–Crippen MR) is 124 cm³/mol. The monoisotopic (exact) mass is 403 g/mol. The van der Waals surface area contributed by atoms with Crippen LogP contribution in [0.4, 0.5) is 0 Å². The molecule has 5 aromatic rings. The van der Waals surface area contributed by atoms with Gasteiger partial charge in [0.2, 0.25) is 0 Å². The number of ether oxygens (including phenoxy) is 1. The van der Waals surface area contributed by atoms with Crippen molar-refractivity contribution in [3.8, 4) is 34.0 Å². The summed E-state index contributed by atoms with van der Waals surface area (Å²) in [7, 11) is 0. The van der Waals surface area contributed by atoms with Crippen LogP contribution in [0, 0.1) is 13.8 Å². The van der Waals surface area contributed by atoms with Crippen LogP contribution in [0.1, 0.15) is 11.3 Å². The zero-order chi connectivity index (χ0) is 21.2. The van der Waals surface area contributed by atoms with E-state index >= 15 is 0 Å². The molecule has 150 valence electrons. The predicted octanol–water partition coefficient (Wildman–Crippen LogP) is 6.77. The molecular formula is C27H21N3O.